The average molecular weight is 261 g/mol. The second-order valence-electron chi connectivity index (χ2n) is 4.92. The first-order chi connectivity index (χ1) is 9.11. The second kappa shape index (κ2) is 5.97. The van der Waals surface area contributed by atoms with E-state index in [1.165, 1.54) is 5.56 Å². The summed E-state index contributed by atoms with van der Waals surface area (Å²) in [6, 6.07) is 7.31. The number of nitrogens with zero attached hydrogens (tertiary/aromatic N) is 1. The summed E-state index contributed by atoms with van der Waals surface area (Å²) in [5.41, 5.74) is 1.62. The fraction of sp³-hybridized carbons (Fsp3) is 0.467. The van der Waals surface area contributed by atoms with Crippen molar-refractivity contribution in [3.8, 4) is 0 Å². The Hall–Kier alpha value is -1.68. The third kappa shape index (κ3) is 3.20. The van der Waals surface area contributed by atoms with Crippen LogP contribution >= 0.6 is 0 Å². The summed E-state index contributed by atoms with van der Waals surface area (Å²) >= 11 is 0. The van der Waals surface area contributed by atoms with E-state index >= 15 is 0 Å². The molecule has 1 heterocycles. The van der Waals surface area contributed by atoms with Gasteiger partial charge in [0.05, 0.1) is 6.61 Å². The second-order valence-corrected chi connectivity index (χ2v) is 4.92. The number of esters is 1. The van der Waals surface area contributed by atoms with Crippen LogP contribution in [0.25, 0.3) is 0 Å². The Morgan fingerprint density at radius 3 is 2.53 bits per heavy atom. The lowest BCUT2D eigenvalue weighted by molar-refractivity contribution is -0.137. The highest BCUT2D eigenvalue weighted by Crippen LogP contribution is 2.26. The number of ketones is 1. The van der Waals surface area contributed by atoms with Gasteiger partial charge >= 0.3 is 5.97 Å². The number of likely N-dealkylation sites (N-methyl/N-ethyl adjacent to an activating group) is 1. The van der Waals surface area contributed by atoms with Crippen molar-refractivity contribution in [2.24, 2.45) is 0 Å². The predicted molar refractivity (Wildman–Crippen MR) is 72.3 cm³/mol. The Balaban J connectivity index is 2.06. The van der Waals surface area contributed by atoms with Crippen LogP contribution in [0, 0.1) is 0 Å². The zero-order chi connectivity index (χ0) is 13.8. The number of carbonyl (C=O) groups excluding carboxylic acids is 2. The maximum Gasteiger partial charge on any atom is 0.379 e. The molecule has 1 saturated heterocycles. The van der Waals surface area contributed by atoms with Crippen LogP contribution in [0.3, 0.4) is 0 Å². The van der Waals surface area contributed by atoms with Gasteiger partial charge < -0.3 is 9.64 Å². The molecule has 1 fully saturated rings. The maximum atomic E-state index is 11.7. The van der Waals surface area contributed by atoms with Crippen molar-refractivity contribution in [3.63, 3.8) is 0 Å². The molecule has 4 heteroatoms. The fourth-order valence-electron chi connectivity index (χ4n) is 2.43. The van der Waals surface area contributed by atoms with Crippen LogP contribution in [0.1, 0.15) is 35.2 Å². The molecule has 1 atom stereocenters. The molecule has 2 rings (SSSR count). The molecule has 0 radical (unpaired) electrons. The predicted octanol–water partition coefficient (Wildman–Crippen LogP) is 1.85. The van der Waals surface area contributed by atoms with Gasteiger partial charge in [-0.2, -0.15) is 0 Å². The third-order valence-corrected chi connectivity index (χ3v) is 3.50. The lowest BCUT2D eigenvalue weighted by atomic mass is 9.96. The van der Waals surface area contributed by atoms with E-state index in [0.29, 0.717) is 11.5 Å². The quantitative estimate of drug-likeness (QED) is 0.471. The minimum Gasteiger partial charge on any atom is -0.460 e. The van der Waals surface area contributed by atoms with Gasteiger partial charge in [0.1, 0.15) is 0 Å². The van der Waals surface area contributed by atoms with E-state index < -0.39 is 11.8 Å². The van der Waals surface area contributed by atoms with Crippen LogP contribution < -0.4 is 0 Å². The standard InChI is InChI=1S/C15H19NO3/c1-3-19-15(18)14(17)12-6-4-11(5-7-12)13-8-9-16(2)10-13/h4-7,13H,3,8-10H2,1-2H3. The summed E-state index contributed by atoms with van der Waals surface area (Å²) in [5.74, 6) is -0.829. The first-order valence-electron chi connectivity index (χ1n) is 6.61. The van der Waals surface area contributed by atoms with Crippen molar-refractivity contribution in [3.05, 3.63) is 35.4 Å². The number of ether oxygens (including phenoxy) is 1. The summed E-state index contributed by atoms with van der Waals surface area (Å²) in [6.45, 7) is 4.06. The van der Waals surface area contributed by atoms with Gasteiger partial charge in [0, 0.05) is 12.1 Å². The molecule has 0 bridgehead atoms. The van der Waals surface area contributed by atoms with Gasteiger partial charge in [0.15, 0.2) is 0 Å². The summed E-state index contributed by atoms with van der Waals surface area (Å²) < 4.78 is 4.71. The van der Waals surface area contributed by atoms with E-state index in [2.05, 4.69) is 11.9 Å². The van der Waals surface area contributed by atoms with E-state index in [1.807, 2.05) is 12.1 Å². The topological polar surface area (TPSA) is 46.6 Å². The third-order valence-electron chi connectivity index (χ3n) is 3.50. The number of likely N-dealkylation sites (tertiary alicyclic amines) is 1. The van der Waals surface area contributed by atoms with Gasteiger partial charge in [-0.1, -0.05) is 24.3 Å². The van der Waals surface area contributed by atoms with E-state index in [-0.39, 0.29) is 6.61 Å². The van der Waals surface area contributed by atoms with Gasteiger partial charge in [-0.3, -0.25) is 4.79 Å². The molecule has 4 nitrogen and oxygen atoms in total. The van der Waals surface area contributed by atoms with Crippen molar-refractivity contribution in [2.45, 2.75) is 19.3 Å². The van der Waals surface area contributed by atoms with Gasteiger partial charge in [0.2, 0.25) is 0 Å². The van der Waals surface area contributed by atoms with Gasteiger partial charge in [-0.05, 0) is 38.4 Å². The molecule has 1 aliphatic heterocycles. The SMILES string of the molecule is CCOC(=O)C(=O)c1ccc(C2CCN(C)C2)cc1. The Labute approximate surface area is 113 Å². The Morgan fingerprint density at radius 1 is 1.32 bits per heavy atom. The van der Waals surface area contributed by atoms with Crippen molar-refractivity contribution in [1.82, 2.24) is 4.90 Å². The smallest absolute Gasteiger partial charge is 0.379 e. The van der Waals surface area contributed by atoms with Crippen LogP contribution in [0.5, 0.6) is 0 Å². The number of carbonyl (C=O) groups is 2. The fourth-order valence-corrected chi connectivity index (χ4v) is 2.43. The Morgan fingerprint density at radius 2 is 2.00 bits per heavy atom. The largest absolute Gasteiger partial charge is 0.460 e. The summed E-state index contributed by atoms with van der Waals surface area (Å²) in [7, 11) is 2.11. The molecule has 0 aromatic heterocycles. The zero-order valence-corrected chi connectivity index (χ0v) is 11.4. The first kappa shape index (κ1) is 13.7. The van der Waals surface area contributed by atoms with Gasteiger partial charge in [-0.25, -0.2) is 4.79 Å². The number of hydrogen-bond donors (Lipinski definition) is 0. The molecule has 1 unspecified atom stereocenters. The molecule has 0 saturated carbocycles. The lowest BCUT2D eigenvalue weighted by Crippen LogP contribution is -2.17. The number of hydrogen-bond acceptors (Lipinski definition) is 4. The van der Waals surface area contributed by atoms with Crippen LogP contribution in [-0.4, -0.2) is 43.4 Å². The van der Waals surface area contributed by atoms with E-state index in [4.69, 9.17) is 4.74 Å². The van der Waals surface area contributed by atoms with Crippen LogP contribution in [0.2, 0.25) is 0 Å². The summed E-state index contributed by atoms with van der Waals surface area (Å²) in [5, 5.41) is 0. The molecule has 0 spiro atoms. The number of rotatable bonds is 4. The van der Waals surface area contributed by atoms with Crippen molar-refractivity contribution < 1.29 is 14.3 Å². The monoisotopic (exact) mass is 261 g/mol. The molecule has 0 N–H and O–H groups in total. The van der Waals surface area contributed by atoms with Crippen molar-refractivity contribution in [1.29, 1.82) is 0 Å². The molecule has 0 aliphatic carbocycles. The van der Waals surface area contributed by atoms with Crippen molar-refractivity contribution >= 4 is 11.8 Å². The maximum absolute atomic E-state index is 11.7. The van der Waals surface area contributed by atoms with Crippen molar-refractivity contribution in [2.75, 3.05) is 26.7 Å². The summed E-state index contributed by atoms with van der Waals surface area (Å²) in [6.07, 6.45) is 1.14. The highest BCUT2D eigenvalue weighted by molar-refractivity contribution is 6.40. The molecule has 0 amide bonds. The summed E-state index contributed by atoms with van der Waals surface area (Å²) in [4.78, 5) is 25.4. The zero-order valence-electron chi connectivity index (χ0n) is 11.4. The van der Waals surface area contributed by atoms with Crippen LogP contribution in [0.4, 0.5) is 0 Å². The van der Waals surface area contributed by atoms with Crippen LogP contribution in [0.15, 0.2) is 24.3 Å². The average Bonchev–Trinajstić information content (AvgIpc) is 2.85. The molecular weight excluding hydrogens is 242 g/mol. The normalized spacial score (nSPS) is 19.4. The first-order valence-corrected chi connectivity index (χ1v) is 6.61. The minimum absolute atomic E-state index is 0.219. The highest BCUT2D eigenvalue weighted by atomic mass is 16.5. The van der Waals surface area contributed by atoms with Gasteiger partial charge in [0.25, 0.3) is 5.78 Å². The molecule has 1 aliphatic rings. The molecular formula is C15H19NO3. The Kier molecular flexibility index (Phi) is 4.32. The van der Waals surface area contributed by atoms with E-state index in [9.17, 15) is 9.59 Å². The minimum atomic E-state index is -0.782. The van der Waals surface area contributed by atoms with Gasteiger partial charge in [-0.15, -0.1) is 0 Å². The van der Waals surface area contributed by atoms with E-state index in [0.717, 1.165) is 19.5 Å². The number of Topliss-reactive ketones (excluding diaryl/α,β-unsaturated/α-hetero) is 1. The molecule has 1 aromatic rings. The number of benzene rings is 1. The molecule has 19 heavy (non-hydrogen) atoms. The highest BCUT2D eigenvalue weighted by Gasteiger charge is 2.22. The van der Waals surface area contributed by atoms with E-state index in [1.54, 1.807) is 19.1 Å². The Bertz CT molecular complexity index is 467. The molecule has 1 aromatic carbocycles. The molecule has 102 valence electrons. The van der Waals surface area contributed by atoms with Crippen LogP contribution in [-0.2, 0) is 9.53 Å². The lowest BCUT2D eigenvalue weighted by Gasteiger charge is -2.11.